The molecule has 2 aromatic rings. The van der Waals surface area contributed by atoms with Gasteiger partial charge >= 0.3 is 0 Å². The average molecular weight is 395 g/mol. The van der Waals surface area contributed by atoms with Crippen LogP contribution in [0.25, 0.3) is 0 Å². The molecule has 0 amide bonds. The molecule has 0 saturated heterocycles. The molecule has 26 heavy (non-hydrogen) atoms. The first kappa shape index (κ1) is 20.7. The number of nitrogens with zero attached hydrogens (tertiary/aromatic N) is 2. The topological polar surface area (TPSA) is 59.9 Å². The Morgan fingerprint density at radius 2 is 1.92 bits per heavy atom. The Labute approximate surface area is 164 Å². The molecule has 0 bridgehead atoms. The van der Waals surface area contributed by atoms with Crippen molar-refractivity contribution in [1.82, 2.24) is 15.5 Å². The molecule has 0 fully saturated rings. The molecule has 1 heterocycles. The van der Waals surface area contributed by atoms with Gasteiger partial charge in [0.2, 0.25) is 0 Å². The number of halogens is 1. The van der Waals surface area contributed by atoms with Crippen LogP contribution in [0.4, 0.5) is 0 Å². The quantitative estimate of drug-likeness (QED) is 0.475. The molecule has 2 atom stereocenters. The average Bonchev–Trinajstić information content (AvgIpc) is 3.06. The fraction of sp³-hybridized carbons (Fsp3) is 0.421. The van der Waals surface area contributed by atoms with Crippen molar-refractivity contribution in [3.05, 3.63) is 57.2 Å². The van der Waals surface area contributed by atoms with Crippen LogP contribution in [-0.2, 0) is 0 Å². The highest BCUT2D eigenvalue weighted by Crippen LogP contribution is 2.26. The number of aliphatic hydroxyl groups excluding tert-OH is 1. The van der Waals surface area contributed by atoms with Crippen LogP contribution in [0.5, 0.6) is 0 Å². The number of guanidine groups is 1. The molecule has 0 aliphatic carbocycles. The molecule has 0 radical (unpaired) electrons. The normalized spacial score (nSPS) is 14.3. The molecular formula is C19H27ClN4OS. The van der Waals surface area contributed by atoms with E-state index in [2.05, 4.69) is 41.8 Å². The SMILES string of the molecule is CCNC(=NCC(c1ccccc1)N(C)C)NCC(O)c1ccc(Cl)s1. The summed E-state index contributed by atoms with van der Waals surface area (Å²) in [6.07, 6.45) is -0.616. The van der Waals surface area contributed by atoms with Crippen LogP contribution in [0.1, 0.15) is 29.5 Å². The predicted molar refractivity (Wildman–Crippen MR) is 111 cm³/mol. The van der Waals surface area contributed by atoms with Crippen molar-refractivity contribution in [2.75, 3.05) is 33.7 Å². The van der Waals surface area contributed by atoms with Gasteiger partial charge in [-0.15, -0.1) is 11.3 Å². The van der Waals surface area contributed by atoms with Gasteiger partial charge in [-0.3, -0.25) is 4.99 Å². The monoisotopic (exact) mass is 394 g/mol. The number of benzene rings is 1. The Morgan fingerprint density at radius 3 is 2.50 bits per heavy atom. The Balaban J connectivity index is 2.00. The van der Waals surface area contributed by atoms with Gasteiger partial charge in [-0.25, -0.2) is 0 Å². The van der Waals surface area contributed by atoms with Crippen molar-refractivity contribution in [2.45, 2.75) is 19.1 Å². The van der Waals surface area contributed by atoms with Gasteiger partial charge in [0.25, 0.3) is 0 Å². The van der Waals surface area contributed by atoms with E-state index in [1.807, 2.05) is 31.2 Å². The molecule has 0 saturated carbocycles. The number of aliphatic imine (C=N–C) groups is 1. The van der Waals surface area contributed by atoms with Crippen LogP contribution in [0.3, 0.4) is 0 Å². The zero-order valence-electron chi connectivity index (χ0n) is 15.4. The standard InChI is InChI=1S/C19H27ClN4OS/c1-4-21-19(23-13-16(25)17-10-11-18(20)26-17)22-12-15(24(2)3)14-8-6-5-7-9-14/h5-11,15-16,25H,4,12-13H2,1-3H3,(H2,21,22,23). The van der Waals surface area contributed by atoms with E-state index in [4.69, 9.17) is 16.6 Å². The van der Waals surface area contributed by atoms with E-state index in [1.165, 1.54) is 16.9 Å². The number of hydrogen-bond donors (Lipinski definition) is 3. The summed E-state index contributed by atoms with van der Waals surface area (Å²) in [6.45, 7) is 3.77. The van der Waals surface area contributed by atoms with E-state index in [9.17, 15) is 5.11 Å². The van der Waals surface area contributed by atoms with Gasteiger partial charge in [0.05, 0.1) is 16.9 Å². The molecule has 0 aliphatic rings. The molecule has 0 spiro atoms. The second-order valence-corrected chi connectivity index (χ2v) is 7.89. The van der Waals surface area contributed by atoms with Crippen LogP contribution in [0, 0.1) is 0 Å². The third-order valence-corrected chi connectivity index (χ3v) is 5.29. The van der Waals surface area contributed by atoms with Crippen molar-refractivity contribution in [3.63, 3.8) is 0 Å². The summed E-state index contributed by atoms with van der Waals surface area (Å²) in [5.74, 6) is 0.692. The highest BCUT2D eigenvalue weighted by molar-refractivity contribution is 7.16. The van der Waals surface area contributed by atoms with Gasteiger partial charge < -0.3 is 20.6 Å². The number of nitrogens with one attached hydrogen (secondary N) is 2. The minimum atomic E-state index is -0.616. The Morgan fingerprint density at radius 1 is 1.19 bits per heavy atom. The van der Waals surface area contributed by atoms with Crippen LogP contribution in [0.15, 0.2) is 47.5 Å². The largest absolute Gasteiger partial charge is 0.386 e. The Kier molecular flexibility index (Phi) is 8.38. The minimum Gasteiger partial charge on any atom is -0.386 e. The van der Waals surface area contributed by atoms with Crippen molar-refractivity contribution in [3.8, 4) is 0 Å². The van der Waals surface area contributed by atoms with Crippen LogP contribution < -0.4 is 10.6 Å². The molecule has 7 heteroatoms. The Bertz CT molecular complexity index is 690. The van der Waals surface area contributed by atoms with E-state index in [0.717, 1.165) is 11.4 Å². The maximum atomic E-state index is 10.3. The number of thiophene rings is 1. The highest BCUT2D eigenvalue weighted by atomic mass is 35.5. The van der Waals surface area contributed by atoms with E-state index in [-0.39, 0.29) is 6.04 Å². The summed E-state index contributed by atoms with van der Waals surface area (Å²) >= 11 is 7.32. The van der Waals surface area contributed by atoms with Gasteiger partial charge in [0, 0.05) is 18.0 Å². The van der Waals surface area contributed by atoms with Gasteiger partial charge in [0.1, 0.15) is 6.10 Å². The van der Waals surface area contributed by atoms with Crippen molar-refractivity contribution in [2.24, 2.45) is 4.99 Å². The number of aliphatic hydroxyl groups is 1. The summed E-state index contributed by atoms with van der Waals surface area (Å²) < 4.78 is 0.677. The molecule has 2 rings (SSSR count). The molecule has 1 aromatic heterocycles. The maximum absolute atomic E-state index is 10.3. The molecule has 5 nitrogen and oxygen atoms in total. The van der Waals surface area contributed by atoms with Crippen LogP contribution in [0.2, 0.25) is 4.34 Å². The second-order valence-electron chi connectivity index (χ2n) is 6.15. The lowest BCUT2D eigenvalue weighted by molar-refractivity contribution is 0.184. The predicted octanol–water partition coefficient (Wildman–Crippen LogP) is 3.29. The molecular weight excluding hydrogens is 368 g/mol. The fourth-order valence-corrected chi connectivity index (χ4v) is 3.61. The first-order valence-electron chi connectivity index (χ1n) is 8.68. The van der Waals surface area contributed by atoms with E-state index >= 15 is 0 Å². The molecule has 2 unspecified atom stereocenters. The zero-order chi connectivity index (χ0) is 18.9. The summed E-state index contributed by atoms with van der Waals surface area (Å²) in [6, 6.07) is 14.2. The lowest BCUT2D eigenvalue weighted by Crippen LogP contribution is -2.40. The van der Waals surface area contributed by atoms with E-state index in [1.54, 1.807) is 6.07 Å². The number of rotatable bonds is 8. The third-order valence-electron chi connectivity index (χ3n) is 3.96. The summed E-state index contributed by atoms with van der Waals surface area (Å²) in [7, 11) is 4.11. The number of likely N-dealkylation sites (N-methyl/N-ethyl adjacent to an activating group) is 1. The van der Waals surface area contributed by atoms with Gasteiger partial charge in [-0.1, -0.05) is 41.9 Å². The van der Waals surface area contributed by atoms with Gasteiger partial charge in [-0.05, 0) is 38.7 Å². The van der Waals surface area contributed by atoms with Crippen LogP contribution >= 0.6 is 22.9 Å². The molecule has 0 aliphatic heterocycles. The van der Waals surface area contributed by atoms with Crippen molar-refractivity contribution < 1.29 is 5.11 Å². The lowest BCUT2D eigenvalue weighted by Gasteiger charge is -2.24. The lowest BCUT2D eigenvalue weighted by atomic mass is 10.1. The van der Waals surface area contributed by atoms with Gasteiger partial charge in [0.15, 0.2) is 5.96 Å². The van der Waals surface area contributed by atoms with E-state index in [0.29, 0.717) is 23.4 Å². The summed E-state index contributed by atoms with van der Waals surface area (Å²) in [5.41, 5.74) is 1.23. The molecule has 1 aromatic carbocycles. The van der Waals surface area contributed by atoms with Crippen molar-refractivity contribution >= 4 is 28.9 Å². The zero-order valence-corrected chi connectivity index (χ0v) is 17.0. The fourth-order valence-electron chi connectivity index (χ4n) is 2.56. The first-order chi connectivity index (χ1) is 12.5. The van der Waals surface area contributed by atoms with Crippen molar-refractivity contribution in [1.29, 1.82) is 0 Å². The second kappa shape index (κ2) is 10.5. The summed E-state index contributed by atoms with van der Waals surface area (Å²) in [5, 5.41) is 16.7. The summed E-state index contributed by atoms with van der Waals surface area (Å²) in [4.78, 5) is 7.70. The van der Waals surface area contributed by atoms with E-state index < -0.39 is 6.10 Å². The van der Waals surface area contributed by atoms with Gasteiger partial charge in [-0.2, -0.15) is 0 Å². The number of hydrogen-bond acceptors (Lipinski definition) is 4. The Hall–Kier alpha value is -1.60. The minimum absolute atomic E-state index is 0.188. The smallest absolute Gasteiger partial charge is 0.191 e. The highest BCUT2D eigenvalue weighted by Gasteiger charge is 2.14. The van der Waals surface area contributed by atoms with Crippen LogP contribution in [-0.4, -0.2) is 49.7 Å². The molecule has 142 valence electrons. The maximum Gasteiger partial charge on any atom is 0.191 e. The third kappa shape index (κ3) is 6.29. The molecule has 3 N–H and O–H groups in total. The first-order valence-corrected chi connectivity index (χ1v) is 9.87.